The van der Waals surface area contributed by atoms with Crippen LogP contribution in [0, 0.1) is 0 Å². The second kappa shape index (κ2) is 4.90. The zero-order valence-corrected chi connectivity index (χ0v) is 9.47. The van der Waals surface area contributed by atoms with E-state index in [4.69, 9.17) is 0 Å². The van der Waals surface area contributed by atoms with E-state index in [1.807, 2.05) is 12.1 Å². The van der Waals surface area contributed by atoms with Crippen LogP contribution in [-0.4, -0.2) is 10.8 Å². The molecule has 0 aliphatic rings. The number of aromatic nitrogens is 2. The van der Waals surface area contributed by atoms with Gasteiger partial charge in [0.1, 0.15) is 0 Å². The van der Waals surface area contributed by atoms with E-state index in [1.165, 1.54) is 0 Å². The van der Waals surface area contributed by atoms with Gasteiger partial charge in [0.05, 0.1) is 12.4 Å². The number of carbonyl (C=O) groups excluding carboxylic acids is 1. The summed E-state index contributed by atoms with van der Waals surface area (Å²) in [5.74, 6) is 0.0736. The molecule has 1 heterocycles. The SMILES string of the molecule is O=C(C[n+]1ccncc1)c1ccc(S)cc1. The number of rotatable bonds is 3. The first kappa shape index (κ1) is 10.8. The van der Waals surface area contributed by atoms with E-state index in [9.17, 15) is 4.79 Å². The lowest BCUT2D eigenvalue weighted by atomic mass is 10.1. The van der Waals surface area contributed by atoms with Crippen LogP contribution in [0.25, 0.3) is 0 Å². The monoisotopic (exact) mass is 231 g/mol. The molecule has 80 valence electrons. The molecule has 0 aliphatic heterocycles. The lowest BCUT2D eigenvalue weighted by molar-refractivity contribution is -0.683. The molecule has 0 N–H and O–H groups in total. The van der Waals surface area contributed by atoms with E-state index >= 15 is 0 Å². The fourth-order valence-electron chi connectivity index (χ4n) is 1.36. The molecular weight excluding hydrogens is 220 g/mol. The van der Waals surface area contributed by atoms with E-state index in [0.717, 1.165) is 4.90 Å². The molecule has 0 saturated carbocycles. The molecule has 3 nitrogen and oxygen atoms in total. The fraction of sp³-hybridized carbons (Fsp3) is 0.0833. The van der Waals surface area contributed by atoms with Crippen LogP contribution < -0.4 is 4.57 Å². The van der Waals surface area contributed by atoms with Gasteiger partial charge in [-0.25, -0.2) is 0 Å². The van der Waals surface area contributed by atoms with Crippen molar-refractivity contribution in [3.05, 3.63) is 54.6 Å². The summed E-state index contributed by atoms with van der Waals surface area (Å²) < 4.78 is 1.80. The molecule has 0 radical (unpaired) electrons. The van der Waals surface area contributed by atoms with E-state index in [2.05, 4.69) is 17.6 Å². The van der Waals surface area contributed by atoms with Crippen LogP contribution in [-0.2, 0) is 6.54 Å². The van der Waals surface area contributed by atoms with Gasteiger partial charge in [-0.05, 0) is 12.1 Å². The Labute approximate surface area is 99.2 Å². The zero-order chi connectivity index (χ0) is 11.4. The summed E-state index contributed by atoms with van der Waals surface area (Å²) in [5, 5.41) is 0. The molecule has 2 aromatic rings. The summed E-state index contributed by atoms with van der Waals surface area (Å²) in [5.41, 5.74) is 0.696. The fourth-order valence-corrected chi connectivity index (χ4v) is 1.51. The van der Waals surface area contributed by atoms with Crippen molar-refractivity contribution < 1.29 is 9.36 Å². The number of benzene rings is 1. The highest BCUT2D eigenvalue weighted by Crippen LogP contribution is 2.08. The Morgan fingerprint density at radius 3 is 2.44 bits per heavy atom. The summed E-state index contributed by atoms with van der Waals surface area (Å²) in [7, 11) is 0. The molecule has 1 aromatic carbocycles. The Kier molecular flexibility index (Phi) is 3.31. The van der Waals surface area contributed by atoms with Gasteiger partial charge >= 0.3 is 0 Å². The Bertz CT molecular complexity index is 482. The highest BCUT2D eigenvalue weighted by molar-refractivity contribution is 7.80. The first-order valence-electron chi connectivity index (χ1n) is 4.87. The van der Waals surface area contributed by atoms with Crippen LogP contribution in [0.4, 0.5) is 0 Å². The number of hydrogen-bond donors (Lipinski definition) is 1. The third kappa shape index (κ3) is 2.67. The maximum atomic E-state index is 11.9. The molecule has 0 atom stereocenters. The van der Waals surface area contributed by atoms with Crippen molar-refractivity contribution in [3.8, 4) is 0 Å². The van der Waals surface area contributed by atoms with Gasteiger partial charge in [-0.1, -0.05) is 12.1 Å². The number of ketones is 1. The lowest BCUT2D eigenvalue weighted by Gasteiger charge is -1.98. The number of Topliss-reactive ketones (excluding diaryl/α,β-unsaturated/α-hetero) is 1. The quantitative estimate of drug-likeness (QED) is 0.494. The van der Waals surface area contributed by atoms with Crippen molar-refractivity contribution in [2.45, 2.75) is 11.4 Å². The van der Waals surface area contributed by atoms with Crippen LogP contribution in [0.5, 0.6) is 0 Å². The van der Waals surface area contributed by atoms with E-state index in [0.29, 0.717) is 12.1 Å². The Morgan fingerprint density at radius 2 is 1.81 bits per heavy atom. The summed E-state index contributed by atoms with van der Waals surface area (Å²) in [6.45, 7) is 0.328. The van der Waals surface area contributed by atoms with E-state index < -0.39 is 0 Å². The van der Waals surface area contributed by atoms with Gasteiger partial charge in [0.25, 0.3) is 0 Å². The summed E-state index contributed by atoms with van der Waals surface area (Å²) in [6, 6.07) is 7.19. The van der Waals surface area contributed by atoms with Crippen LogP contribution in [0.1, 0.15) is 10.4 Å². The lowest BCUT2D eigenvalue weighted by Crippen LogP contribution is -2.37. The minimum absolute atomic E-state index is 0.0736. The van der Waals surface area contributed by atoms with Gasteiger partial charge in [-0.3, -0.25) is 9.78 Å². The first-order chi connectivity index (χ1) is 7.75. The highest BCUT2D eigenvalue weighted by Gasteiger charge is 2.10. The third-order valence-electron chi connectivity index (χ3n) is 2.20. The number of carbonyl (C=O) groups is 1. The van der Waals surface area contributed by atoms with Gasteiger partial charge < -0.3 is 0 Å². The van der Waals surface area contributed by atoms with Gasteiger partial charge in [0, 0.05) is 10.5 Å². The van der Waals surface area contributed by atoms with Crippen molar-refractivity contribution in [1.82, 2.24) is 4.98 Å². The third-order valence-corrected chi connectivity index (χ3v) is 2.50. The largest absolute Gasteiger partial charge is 0.287 e. The van der Waals surface area contributed by atoms with Crippen molar-refractivity contribution in [2.75, 3.05) is 0 Å². The van der Waals surface area contributed by atoms with Gasteiger partial charge in [-0.15, -0.1) is 12.6 Å². The molecule has 0 spiro atoms. The Hall–Kier alpha value is -1.68. The number of hydrogen-bond acceptors (Lipinski definition) is 3. The van der Waals surface area contributed by atoms with E-state index in [-0.39, 0.29) is 5.78 Å². The average Bonchev–Trinajstić information content (AvgIpc) is 2.31. The standard InChI is InChI=1S/C12H10N2OS/c15-12(9-14-7-5-13-6-8-14)10-1-3-11(16)4-2-10/h1-8H,9H2/p+1. The summed E-state index contributed by atoms with van der Waals surface area (Å²) in [4.78, 5) is 16.6. The maximum absolute atomic E-state index is 11.9. The molecule has 0 unspecified atom stereocenters. The summed E-state index contributed by atoms with van der Waals surface area (Å²) in [6.07, 6.45) is 6.85. The van der Waals surface area contributed by atoms with Crippen LogP contribution >= 0.6 is 12.6 Å². The number of thiol groups is 1. The van der Waals surface area contributed by atoms with Gasteiger partial charge in [0.15, 0.2) is 12.4 Å². The highest BCUT2D eigenvalue weighted by atomic mass is 32.1. The van der Waals surface area contributed by atoms with Crippen molar-refractivity contribution >= 4 is 18.4 Å². The normalized spacial score (nSPS) is 10.1. The average molecular weight is 231 g/mol. The molecule has 4 heteroatoms. The number of nitrogens with zero attached hydrogens (tertiary/aromatic N) is 2. The molecule has 0 aliphatic carbocycles. The van der Waals surface area contributed by atoms with Crippen molar-refractivity contribution in [2.24, 2.45) is 0 Å². The second-order valence-electron chi connectivity index (χ2n) is 3.39. The molecule has 1 aromatic heterocycles. The zero-order valence-electron chi connectivity index (χ0n) is 8.58. The van der Waals surface area contributed by atoms with E-state index in [1.54, 1.807) is 41.5 Å². The molecule has 0 fully saturated rings. The molecule has 16 heavy (non-hydrogen) atoms. The predicted molar refractivity (Wildman–Crippen MR) is 62.5 cm³/mol. The molecule has 0 saturated heterocycles. The van der Waals surface area contributed by atoms with Crippen LogP contribution in [0.15, 0.2) is 53.9 Å². The Morgan fingerprint density at radius 1 is 1.19 bits per heavy atom. The van der Waals surface area contributed by atoms with Crippen molar-refractivity contribution in [1.29, 1.82) is 0 Å². The van der Waals surface area contributed by atoms with Gasteiger partial charge in [-0.2, -0.15) is 4.57 Å². The molecule has 0 amide bonds. The maximum Gasteiger partial charge on any atom is 0.227 e. The predicted octanol–water partition coefficient (Wildman–Crippen LogP) is 1.54. The molecular formula is C12H11N2OS+. The van der Waals surface area contributed by atoms with Crippen molar-refractivity contribution in [3.63, 3.8) is 0 Å². The first-order valence-corrected chi connectivity index (χ1v) is 5.32. The van der Waals surface area contributed by atoms with Crippen LogP contribution in [0.3, 0.4) is 0 Å². The minimum atomic E-state index is 0.0736. The Balaban J connectivity index is 2.12. The second-order valence-corrected chi connectivity index (χ2v) is 3.90. The van der Waals surface area contributed by atoms with Gasteiger partial charge in [0.2, 0.25) is 12.3 Å². The minimum Gasteiger partial charge on any atom is -0.287 e. The molecule has 0 bridgehead atoms. The molecule has 2 rings (SSSR count). The van der Waals surface area contributed by atoms with Crippen LogP contribution in [0.2, 0.25) is 0 Å². The summed E-state index contributed by atoms with van der Waals surface area (Å²) >= 11 is 4.17. The smallest absolute Gasteiger partial charge is 0.227 e. The topological polar surface area (TPSA) is 33.8 Å².